The van der Waals surface area contributed by atoms with E-state index >= 15 is 0 Å². The van der Waals surface area contributed by atoms with Gasteiger partial charge in [0.05, 0.1) is 6.61 Å². The van der Waals surface area contributed by atoms with Crippen LogP contribution in [0.3, 0.4) is 0 Å². The van der Waals surface area contributed by atoms with Gasteiger partial charge in [-0.2, -0.15) is 0 Å². The van der Waals surface area contributed by atoms with Crippen LogP contribution in [0.5, 0.6) is 0 Å². The molecule has 0 aliphatic carbocycles. The molecule has 0 aliphatic rings. The Bertz CT molecular complexity index is 418. The maximum absolute atomic E-state index is 12.1. The molecule has 4 nitrogen and oxygen atoms in total. The standard InChI is InChI=1S/C15H23NO3/c1-5-19-10-9-16(15(17)11-18-4)14-8-6-7-12(2)13(14)3/h6-8H,5,9-11H2,1-4H3. The van der Waals surface area contributed by atoms with Crippen molar-refractivity contribution in [2.45, 2.75) is 20.8 Å². The van der Waals surface area contributed by atoms with E-state index in [-0.39, 0.29) is 12.5 Å². The van der Waals surface area contributed by atoms with Crippen LogP contribution in [-0.2, 0) is 14.3 Å². The first-order chi connectivity index (χ1) is 9.11. The van der Waals surface area contributed by atoms with Gasteiger partial charge in [0.15, 0.2) is 0 Å². The smallest absolute Gasteiger partial charge is 0.253 e. The van der Waals surface area contributed by atoms with E-state index < -0.39 is 0 Å². The number of hydrogen-bond acceptors (Lipinski definition) is 3. The van der Waals surface area contributed by atoms with Crippen LogP contribution in [0.1, 0.15) is 18.1 Å². The van der Waals surface area contributed by atoms with Crippen molar-refractivity contribution in [2.75, 3.05) is 38.4 Å². The summed E-state index contributed by atoms with van der Waals surface area (Å²) >= 11 is 0. The molecule has 1 rings (SSSR count). The highest BCUT2D eigenvalue weighted by atomic mass is 16.5. The largest absolute Gasteiger partial charge is 0.380 e. The number of methoxy groups -OCH3 is 1. The molecular formula is C15H23NO3. The maximum Gasteiger partial charge on any atom is 0.253 e. The SMILES string of the molecule is CCOCCN(C(=O)COC)c1cccc(C)c1C. The van der Waals surface area contributed by atoms with E-state index in [0.29, 0.717) is 19.8 Å². The minimum atomic E-state index is -0.0455. The molecule has 0 heterocycles. The number of anilines is 1. The lowest BCUT2D eigenvalue weighted by molar-refractivity contribution is -0.122. The van der Waals surface area contributed by atoms with Crippen LogP contribution < -0.4 is 4.90 Å². The molecule has 106 valence electrons. The zero-order valence-electron chi connectivity index (χ0n) is 12.2. The zero-order valence-corrected chi connectivity index (χ0v) is 12.2. The molecular weight excluding hydrogens is 242 g/mol. The van der Waals surface area contributed by atoms with E-state index in [1.54, 1.807) is 4.90 Å². The third kappa shape index (κ3) is 4.33. The molecule has 0 aliphatic heterocycles. The number of hydrogen-bond donors (Lipinski definition) is 0. The highest BCUT2D eigenvalue weighted by molar-refractivity contribution is 5.95. The third-order valence-electron chi connectivity index (χ3n) is 3.10. The van der Waals surface area contributed by atoms with E-state index in [0.717, 1.165) is 11.3 Å². The molecule has 0 spiro atoms. The minimum Gasteiger partial charge on any atom is -0.380 e. The molecule has 0 aromatic heterocycles. The monoisotopic (exact) mass is 265 g/mol. The molecule has 1 aromatic rings. The summed E-state index contributed by atoms with van der Waals surface area (Å²) < 4.78 is 10.3. The highest BCUT2D eigenvalue weighted by Gasteiger charge is 2.17. The van der Waals surface area contributed by atoms with Crippen LogP contribution in [0.15, 0.2) is 18.2 Å². The first-order valence-electron chi connectivity index (χ1n) is 6.55. The molecule has 0 unspecified atom stereocenters. The van der Waals surface area contributed by atoms with Gasteiger partial charge in [0.2, 0.25) is 0 Å². The van der Waals surface area contributed by atoms with Gasteiger partial charge in [-0.1, -0.05) is 12.1 Å². The van der Waals surface area contributed by atoms with Crippen molar-refractivity contribution in [1.82, 2.24) is 0 Å². The second-order valence-electron chi connectivity index (χ2n) is 4.39. The van der Waals surface area contributed by atoms with Gasteiger partial charge in [0, 0.05) is 25.9 Å². The number of benzene rings is 1. The average molecular weight is 265 g/mol. The van der Waals surface area contributed by atoms with Crippen LogP contribution in [-0.4, -0.2) is 39.4 Å². The first-order valence-corrected chi connectivity index (χ1v) is 6.55. The summed E-state index contributed by atoms with van der Waals surface area (Å²) in [6, 6.07) is 5.97. The molecule has 19 heavy (non-hydrogen) atoms. The Morgan fingerprint density at radius 1 is 1.32 bits per heavy atom. The lowest BCUT2D eigenvalue weighted by Gasteiger charge is -2.25. The third-order valence-corrected chi connectivity index (χ3v) is 3.10. The fourth-order valence-corrected chi connectivity index (χ4v) is 1.91. The number of carbonyl (C=O) groups is 1. The lowest BCUT2D eigenvalue weighted by Crippen LogP contribution is -2.37. The molecule has 1 amide bonds. The molecule has 4 heteroatoms. The summed E-state index contributed by atoms with van der Waals surface area (Å²) in [4.78, 5) is 13.9. The van der Waals surface area contributed by atoms with Crippen LogP contribution in [0.4, 0.5) is 5.69 Å². The topological polar surface area (TPSA) is 38.8 Å². The normalized spacial score (nSPS) is 10.5. The van der Waals surface area contributed by atoms with Crippen molar-refractivity contribution in [3.63, 3.8) is 0 Å². The second-order valence-corrected chi connectivity index (χ2v) is 4.39. The van der Waals surface area contributed by atoms with Crippen LogP contribution in [0.25, 0.3) is 0 Å². The molecule has 0 saturated heterocycles. The molecule has 0 bridgehead atoms. The summed E-state index contributed by atoms with van der Waals surface area (Å²) in [6.07, 6.45) is 0. The lowest BCUT2D eigenvalue weighted by atomic mass is 10.1. The predicted molar refractivity (Wildman–Crippen MR) is 76.6 cm³/mol. The Hall–Kier alpha value is -1.39. The van der Waals surface area contributed by atoms with Crippen molar-refractivity contribution in [3.8, 4) is 0 Å². The van der Waals surface area contributed by atoms with E-state index in [2.05, 4.69) is 0 Å². The van der Waals surface area contributed by atoms with E-state index in [4.69, 9.17) is 9.47 Å². The van der Waals surface area contributed by atoms with Crippen LogP contribution in [0.2, 0.25) is 0 Å². The zero-order chi connectivity index (χ0) is 14.3. The number of carbonyl (C=O) groups excluding carboxylic acids is 1. The molecule has 0 radical (unpaired) electrons. The highest BCUT2D eigenvalue weighted by Crippen LogP contribution is 2.22. The van der Waals surface area contributed by atoms with Crippen molar-refractivity contribution >= 4 is 11.6 Å². The van der Waals surface area contributed by atoms with Crippen LogP contribution in [0, 0.1) is 13.8 Å². The Morgan fingerprint density at radius 3 is 2.68 bits per heavy atom. The van der Waals surface area contributed by atoms with Gasteiger partial charge in [-0.3, -0.25) is 4.79 Å². The molecule has 0 fully saturated rings. The summed E-state index contributed by atoms with van der Waals surface area (Å²) in [5.74, 6) is -0.0455. The first kappa shape index (κ1) is 15.7. The van der Waals surface area contributed by atoms with Crippen molar-refractivity contribution < 1.29 is 14.3 Å². The quantitative estimate of drug-likeness (QED) is 0.710. The number of ether oxygens (including phenoxy) is 2. The van der Waals surface area contributed by atoms with Gasteiger partial charge < -0.3 is 14.4 Å². The van der Waals surface area contributed by atoms with Gasteiger partial charge in [0.25, 0.3) is 5.91 Å². The maximum atomic E-state index is 12.1. The summed E-state index contributed by atoms with van der Waals surface area (Å²) in [6.45, 7) is 7.82. The van der Waals surface area contributed by atoms with Gasteiger partial charge in [-0.15, -0.1) is 0 Å². The summed E-state index contributed by atoms with van der Waals surface area (Å²) in [5, 5.41) is 0. The van der Waals surface area contributed by atoms with Gasteiger partial charge in [-0.05, 0) is 38.0 Å². The van der Waals surface area contributed by atoms with E-state index in [1.807, 2.05) is 39.0 Å². The molecule has 0 saturated carbocycles. The number of amides is 1. The van der Waals surface area contributed by atoms with Gasteiger partial charge in [-0.25, -0.2) is 0 Å². The Morgan fingerprint density at radius 2 is 2.05 bits per heavy atom. The summed E-state index contributed by atoms with van der Waals surface area (Å²) in [7, 11) is 1.53. The van der Waals surface area contributed by atoms with Crippen molar-refractivity contribution in [1.29, 1.82) is 0 Å². The molecule has 0 atom stereocenters. The molecule has 1 aromatic carbocycles. The predicted octanol–water partition coefficient (Wildman–Crippen LogP) is 2.32. The Labute approximate surface area is 115 Å². The number of aryl methyl sites for hydroxylation is 1. The van der Waals surface area contributed by atoms with E-state index in [9.17, 15) is 4.79 Å². The Kier molecular flexibility index (Phi) is 6.53. The van der Waals surface area contributed by atoms with E-state index in [1.165, 1.54) is 12.7 Å². The average Bonchev–Trinajstić information content (AvgIpc) is 2.39. The fourth-order valence-electron chi connectivity index (χ4n) is 1.91. The van der Waals surface area contributed by atoms with Crippen molar-refractivity contribution in [2.24, 2.45) is 0 Å². The van der Waals surface area contributed by atoms with Crippen molar-refractivity contribution in [3.05, 3.63) is 29.3 Å². The second kappa shape index (κ2) is 7.92. The summed E-state index contributed by atoms with van der Waals surface area (Å²) in [5.41, 5.74) is 3.22. The number of rotatable bonds is 7. The van der Waals surface area contributed by atoms with Crippen LogP contribution >= 0.6 is 0 Å². The fraction of sp³-hybridized carbons (Fsp3) is 0.533. The van der Waals surface area contributed by atoms with Gasteiger partial charge >= 0.3 is 0 Å². The Balaban J connectivity index is 2.94. The minimum absolute atomic E-state index is 0.0455. The molecule has 0 N–H and O–H groups in total. The number of nitrogens with zero attached hydrogens (tertiary/aromatic N) is 1. The van der Waals surface area contributed by atoms with Gasteiger partial charge in [0.1, 0.15) is 6.61 Å².